The summed E-state index contributed by atoms with van der Waals surface area (Å²) in [5.74, 6) is -0.346. The molecule has 6 nitrogen and oxygen atoms in total. The molecule has 5 N–H and O–H groups in total. The van der Waals surface area contributed by atoms with Crippen molar-refractivity contribution in [3.63, 3.8) is 0 Å². The van der Waals surface area contributed by atoms with Gasteiger partial charge in [-0.05, 0) is 6.42 Å². The molecule has 0 aliphatic carbocycles. The average Bonchev–Trinajstić information content (AvgIpc) is 2.00. The molecule has 0 amide bonds. The zero-order valence-electron chi connectivity index (χ0n) is 7.83. The Morgan fingerprint density at radius 1 is 1.64 bits per heavy atom. The summed E-state index contributed by atoms with van der Waals surface area (Å²) in [5.41, 5.74) is 5.24. The number of rotatable bonds is 5. The number of hydrogen-bond donors (Lipinski definition) is 4. The lowest BCUT2D eigenvalue weighted by atomic mass is 10.1. The van der Waals surface area contributed by atoms with Crippen molar-refractivity contribution in [2.45, 2.75) is 13.3 Å². The van der Waals surface area contributed by atoms with Crippen molar-refractivity contribution in [2.24, 2.45) is 11.7 Å². The summed E-state index contributed by atoms with van der Waals surface area (Å²) in [6, 6.07) is 0. The Kier molecular flexibility index (Phi) is 6.02. The molecule has 0 fully saturated rings. The molecule has 0 heterocycles. The fourth-order valence-electron chi connectivity index (χ4n) is 0.996. The quantitative estimate of drug-likeness (QED) is 0.458. The molecule has 0 aromatic carbocycles. The van der Waals surface area contributed by atoms with Crippen molar-refractivity contribution in [2.75, 3.05) is 12.7 Å². The van der Waals surface area contributed by atoms with E-state index in [1.807, 2.05) is 0 Å². The molecule has 0 bridgehead atoms. The monoisotopic (exact) mass is 243 g/mol. The lowest BCUT2D eigenvalue weighted by molar-refractivity contribution is -0.167. The van der Waals surface area contributed by atoms with E-state index in [0.29, 0.717) is 0 Å². The van der Waals surface area contributed by atoms with Gasteiger partial charge in [-0.3, -0.25) is 4.57 Å². The van der Waals surface area contributed by atoms with Gasteiger partial charge in [0.25, 0.3) is 0 Å². The Labute approximate surface area is 83.5 Å². The Balaban J connectivity index is 4.28. The van der Waals surface area contributed by atoms with Crippen molar-refractivity contribution < 1.29 is 24.1 Å². The third kappa shape index (κ3) is 5.83. The molecule has 0 saturated carbocycles. The predicted molar refractivity (Wildman–Crippen MR) is 53.9 cm³/mol. The van der Waals surface area contributed by atoms with Crippen LogP contribution in [0.2, 0.25) is 0 Å². The number of nitrogens with two attached hydrogens (primary N) is 1. The topological polar surface area (TPSA) is 127 Å². The lowest BCUT2D eigenvalue weighted by Gasteiger charge is -2.11. The highest BCUT2D eigenvalue weighted by atomic mass is 31.2. The van der Waals surface area contributed by atoms with E-state index in [1.54, 1.807) is 6.92 Å². The fourth-order valence-corrected chi connectivity index (χ4v) is 2.38. The fraction of sp³-hybridized carbons (Fsp3) is 0.833. The third-order valence-corrected chi connectivity index (χ3v) is 3.83. The minimum Gasteiger partial charge on any atom is -0.603 e. The van der Waals surface area contributed by atoms with Crippen LogP contribution in [0, 0.1) is 5.92 Å². The van der Waals surface area contributed by atoms with Gasteiger partial charge in [0.2, 0.25) is 8.00 Å². The van der Waals surface area contributed by atoms with Crippen molar-refractivity contribution in [1.82, 2.24) is 0 Å². The molecule has 0 aliphatic heterocycles. The van der Waals surface area contributed by atoms with Gasteiger partial charge in [0, 0.05) is 5.92 Å². The van der Waals surface area contributed by atoms with E-state index in [4.69, 9.17) is 20.4 Å². The van der Waals surface area contributed by atoms with Crippen LogP contribution in [0.5, 0.6) is 0 Å². The van der Waals surface area contributed by atoms with Crippen LogP contribution >= 0.6 is 15.6 Å². The molecule has 0 aromatic rings. The van der Waals surface area contributed by atoms with Crippen molar-refractivity contribution in [3.8, 4) is 0 Å². The first-order valence-corrected chi connectivity index (χ1v) is 7.05. The van der Waals surface area contributed by atoms with Crippen molar-refractivity contribution in [1.29, 1.82) is 0 Å². The van der Waals surface area contributed by atoms with Gasteiger partial charge < -0.3 is 20.4 Å². The molecule has 14 heavy (non-hydrogen) atoms. The number of hydrogen-bond acceptors (Lipinski definition) is 4. The molecule has 84 valence electrons. The Bertz CT molecular complexity index is 257. The molecule has 0 radical (unpaired) electrons. The molecule has 2 atom stereocenters. The van der Waals surface area contributed by atoms with Gasteiger partial charge in [0.15, 0.2) is 0 Å². The van der Waals surface area contributed by atoms with Crippen LogP contribution in [-0.4, -0.2) is 32.7 Å². The summed E-state index contributed by atoms with van der Waals surface area (Å²) >= 11 is 0. The average molecular weight is 243 g/mol. The summed E-state index contributed by atoms with van der Waals surface area (Å²) in [6.07, 6.45) is -0.126. The first kappa shape index (κ1) is 14.2. The van der Waals surface area contributed by atoms with Crippen LogP contribution < -0.4 is 10.6 Å². The summed E-state index contributed by atoms with van der Waals surface area (Å²) in [6.45, 7) is 1.59. The van der Waals surface area contributed by atoms with Crippen LogP contribution in [0.1, 0.15) is 13.3 Å². The zero-order chi connectivity index (χ0) is 11.4. The summed E-state index contributed by atoms with van der Waals surface area (Å²) < 4.78 is 10.5. The Hall–Kier alpha value is 0.200. The van der Waals surface area contributed by atoms with Crippen molar-refractivity contribution in [3.05, 3.63) is 0 Å². The van der Waals surface area contributed by atoms with E-state index < -0.39 is 15.6 Å². The highest BCUT2D eigenvalue weighted by Gasteiger charge is 2.21. The van der Waals surface area contributed by atoms with Gasteiger partial charge in [-0.1, -0.05) is 6.92 Å². The normalized spacial score (nSPS) is 16.4. The van der Waals surface area contributed by atoms with Gasteiger partial charge >= 0.3 is 7.60 Å². The largest absolute Gasteiger partial charge is 0.603 e. The van der Waals surface area contributed by atoms with Crippen molar-refractivity contribution >= 4 is 20.9 Å². The third-order valence-electron chi connectivity index (χ3n) is 1.88. The predicted octanol–water partition coefficient (Wildman–Crippen LogP) is -1.01. The minimum atomic E-state index is -4.03. The molecule has 0 saturated heterocycles. The van der Waals surface area contributed by atoms with Gasteiger partial charge in [-0.15, -0.1) is 0 Å². The van der Waals surface area contributed by atoms with Gasteiger partial charge in [-0.25, -0.2) is 0 Å². The van der Waals surface area contributed by atoms with E-state index in [9.17, 15) is 9.46 Å². The zero-order valence-corrected chi connectivity index (χ0v) is 9.62. The molecule has 2 unspecified atom stereocenters. The van der Waals surface area contributed by atoms with Crippen LogP contribution in [0.15, 0.2) is 0 Å². The highest BCUT2D eigenvalue weighted by molar-refractivity contribution is 7.51. The molecule has 0 rings (SSSR count). The van der Waals surface area contributed by atoms with Crippen LogP contribution in [0.3, 0.4) is 0 Å². The first-order valence-electron chi connectivity index (χ1n) is 4.04. The second-order valence-electron chi connectivity index (χ2n) is 3.05. The minimum absolute atomic E-state index is 0.0337. The van der Waals surface area contributed by atoms with E-state index in [1.165, 1.54) is 0 Å². The lowest BCUT2D eigenvalue weighted by Crippen LogP contribution is -2.23. The maximum Gasteiger partial charge on any atom is 0.325 e. The van der Waals surface area contributed by atoms with E-state index in [0.717, 1.165) is 0 Å². The van der Waals surface area contributed by atoms with Gasteiger partial charge in [0.1, 0.15) is 5.29 Å². The Morgan fingerprint density at radius 3 is 2.43 bits per heavy atom. The van der Waals surface area contributed by atoms with Gasteiger partial charge in [0.05, 0.1) is 12.7 Å². The van der Waals surface area contributed by atoms with E-state index >= 15 is 0 Å². The standard InChI is InChI=1S/C6H15NO5P2/c1-5(2-3-14(10,11)12)6(4-7)13(8)9/h5H,2-4,7H2,1H3,(H,8,9)(H2,10,11,12). The summed E-state index contributed by atoms with van der Waals surface area (Å²) in [4.78, 5) is 36.7. The maximum absolute atomic E-state index is 10.7. The highest BCUT2D eigenvalue weighted by Crippen LogP contribution is 2.36. The molecule has 8 heteroatoms. The van der Waals surface area contributed by atoms with Crippen LogP contribution in [0.4, 0.5) is 0 Å². The SMILES string of the molecule is CC(CCP(=O)(O)O)C(CN)=[P+]([O-])O. The molecule has 0 aromatic heterocycles. The first-order chi connectivity index (χ1) is 6.28. The molecule has 0 spiro atoms. The molecular formula is C6H15NO5P2. The molecule has 0 aliphatic rings. The summed E-state index contributed by atoms with van der Waals surface area (Å²) in [5, 5.41) is 0.244. The van der Waals surface area contributed by atoms with E-state index in [2.05, 4.69) is 0 Å². The smallest absolute Gasteiger partial charge is 0.325 e. The summed E-state index contributed by atoms with van der Waals surface area (Å²) in [7, 11) is -6.49. The van der Waals surface area contributed by atoms with Crippen LogP contribution in [0.25, 0.3) is 0 Å². The Morgan fingerprint density at radius 2 is 2.14 bits per heavy atom. The van der Waals surface area contributed by atoms with Gasteiger partial charge in [-0.2, -0.15) is 4.89 Å². The van der Waals surface area contributed by atoms with Crippen LogP contribution in [-0.2, 0) is 4.57 Å². The second-order valence-corrected chi connectivity index (χ2v) is 5.94. The molecular weight excluding hydrogens is 228 g/mol. The second kappa shape index (κ2) is 5.93. The maximum atomic E-state index is 10.7. The van der Waals surface area contributed by atoms with E-state index in [-0.39, 0.29) is 30.3 Å².